The van der Waals surface area contributed by atoms with Gasteiger partial charge in [0.05, 0.1) is 5.69 Å². The van der Waals surface area contributed by atoms with E-state index in [1.54, 1.807) is 45.0 Å². The van der Waals surface area contributed by atoms with Gasteiger partial charge in [-0.05, 0) is 117 Å². The van der Waals surface area contributed by atoms with Crippen LogP contribution in [0.4, 0.5) is 57.0 Å². The van der Waals surface area contributed by atoms with Crippen molar-refractivity contribution < 1.29 is 73.3 Å². The van der Waals surface area contributed by atoms with Gasteiger partial charge in [0.25, 0.3) is 5.91 Å². The Bertz CT molecular complexity index is 3820. The SMILES string of the molecule is CC(C)(C)CC(=O)N1CCc2c1ccc1[nH]c(C(=O)Oc3c(F)c(F)cc(F)c3F)cc21.CC(C)(C)OC(=O)N1CCc2c1ccc1[nH]c(C(=O)N3CCc4c3ccc3[nH]c(C(=O)Oc5c(F)c(F)cc(F)c5F)cc43)cc21. The quantitative estimate of drug-likeness (QED) is 0.0639. The van der Waals surface area contributed by atoms with Gasteiger partial charge in [-0.2, -0.15) is 17.6 Å². The Morgan fingerprint density at radius 3 is 1.26 bits per heavy atom. The number of nitrogens with one attached hydrogen (secondary N) is 3. The van der Waals surface area contributed by atoms with Crippen LogP contribution in [0, 0.1) is 52.0 Å². The highest BCUT2D eigenvalue weighted by atomic mass is 19.2. The Labute approximate surface area is 437 Å². The minimum Gasteiger partial charge on any atom is -0.443 e. The topological polar surface area (TPSA) is 170 Å². The summed E-state index contributed by atoms with van der Waals surface area (Å²) in [7, 11) is 0. The number of ether oxygens (including phenoxy) is 3. The highest BCUT2D eigenvalue weighted by Gasteiger charge is 2.35. The Morgan fingerprint density at radius 2 is 0.846 bits per heavy atom. The molecule has 0 saturated carbocycles. The van der Waals surface area contributed by atoms with Gasteiger partial charge in [0.15, 0.2) is 23.3 Å². The number of carbonyl (C=O) groups excluding carboxylic acids is 5. The smallest absolute Gasteiger partial charge is 0.414 e. The minimum atomic E-state index is -1.83. The summed E-state index contributed by atoms with van der Waals surface area (Å²) in [6.45, 7) is 12.7. The molecule has 0 saturated heterocycles. The number of carbonyl (C=O) groups is 5. The first kappa shape index (κ1) is 52.7. The number of benzene rings is 5. The summed E-state index contributed by atoms with van der Waals surface area (Å²) in [5, 5.41) is 2.05. The predicted molar refractivity (Wildman–Crippen MR) is 270 cm³/mol. The number of anilines is 3. The fourth-order valence-corrected chi connectivity index (χ4v) is 9.92. The van der Waals surface area contributed by atoms with E-state index in [-0.39, 0.29) is 40.7 Å². The number of hydrogen-bond acceptors (Lipinski definition) is 8. The fraction of sp³-hybridized carbons (Fsp3) is 0.268. The van der Waals surface area contributed by atoms with E-state index in [1.165, 1.54) is 12.1 Å². The van der Waals surface area contributed by atoms with Crippen LogP contribution in [-0.2, 0) is 28.8 Å². The van der Waals surface area contributed by atoms with E-state index in [0.717, 1.165) is 39.0 Å². The van der Waals surface area contributed by atoms with E-state index in [4.69, 9.17) is 9.47 Å². The molecule has 0 bridgehead atoms. The van der Waals surface area contributed by atoms with Crippen LogP contribution in [-0.4, -0.2) is 70.0 Å². The van der Waals surface area contributed by atoms with Crippen LogP contribution in [0.1, 0.15) is 96.1 Å². The monoisotopic (exact) mass is 1080 g/mol. The number of halogens is 8. The van der Waals surface area contributed by atoms with Crippen molar-refractivity contribution in [3.05, 3.63) is 147 Å². The molecule has 3 N–H and O–H groups in total. The molecule has 0 atom stereocenters. The van der Waals surface area contributed by atoms with Crippen LogP contribution >= 0.6 is 0 Å². The molecule has 0 spiro atoms. The van der Waals surface area contributed by atoms with E-state index >= 15 is 0 Å². The second kappa shape index (κ2) is 19.4. The molecule has 8 aromatic rings. The number of rotatable bonds is 6. The first-order valence-electron chi connectivity index (χ1n) is 24.4. The molecule has 14 nitrogen and oxygen atoms in total. The molecular weight excluding hydrogens is 1040 g/mol. The van der Waals surface area contributed by atoms with Gasteiger partial charge in [0.1, 0.15) is 22.7 Å². The standard InChI is InChI=1S/C33H26F4N4O5.C23H20F4N2O3/c1-33(2,3)46-32(44)41-11-9-16-17-12-23(38-21(17)5-7-26(16)41)30(42)40-10-8-15-18-13-24(39-22(18)4-6-25(15)40)31(43)45-29-27(36)19(34)14-20(35)28(29)37;1-23(2,3)10-18(30)29-7-6-11-12-8-16(28-15(12)4-5-17(11)29)22(31)32-21-19(26)13(24)9-14(25)20(21)27/h4-7,12-14,38-39H,8-11H2,1-3H3;4-5,8-9,28H,6-7,10H2,1-3H3. The number of esters is 2. The Kier molecular flexibility index (Phi) is 13.1. The third-order valence-electron chi connectivity index (χ3n) is 13.3. The van der Waals surface area contributed by atoms with Crippen molar-refractivity contribution in [3.63, 3.8) is 0 Å². The number of amides is 3. The van der Waals surface area contributed by atoms with E-state index in [1.807, 2.05) is 53.7 Å². The number of fused-ring (bicyclic) bond motifs is 9. The molecule has 3 aromatic heterocycles. The molecule has 404 valence electrons. The summed E-state index contributed by atoms with van der Waals surface area (Å²) in [4.78, 5) is 78.1. The zero-order valence-electron chi connectivity index (χ0n) is 42.4. The molecule has 0 radical (unpaired) electrons. The van der Waals surface area contributed by atoms with Gasteiger partial charge >= 0.3 is 18.0 Å². The molecule has 22 heteroatoms. The van der Waals surface area contributed by atoms with Crippen molar-refractivity contribution in [1.29, 1.82) is 0 Å². The predicted octanol–water partition coefficient (Wildman–Crippen LogP) is 12.2. The lowest BCUT2D eigenvalue weighted by Gasteiger charge is -2.24. The van der Waals surface area contributed by atoms with Crippen molar-refractivity contribution in [2.75, 3.05) is 34.3 Å². The summed E-state index contributed by atoms with van der Waals surface area (Å²) >= 11 is 0. The summed E-state index contributed by atoms with van der Waals surface area (Å²) in [5.74, 6) is -19.7. The molecule has 11 rings (SSSR count). The first-order valence-corrected chi connectivity index (χ1v) is 24.4. The van der Waals surface area contributed by atoms with E-state index in [9.17, 15) is 59.1 Å². The molecule has 6 heterocycles. The van der Waals surface area contributed by atoms with Crippen molar-refractivity contribution in [3.8, 4) is 11.5 Å². The van der Waals surface area contributed by atoms with Crippen LogP contribution in [0.5, 0.6) is 11.5 Å². The summed E-state index contributed by atoms with van der Waals surface area (Å²) in [6, 6.07) is 15.1. The Balaban J connectivity index is 0.000000189. The van der Waals surface area contributed by atoms with E-state index < -0.39 is 81.7 Å². The lowest BCUT2D eigenvalue weighted by molar-refractivity contribution is -0.120. The maximum absolute atomic E-state index is 14.1. The highest BCUT2D eigenvalue weighted by molar-refractivity contribution is 6.11. The molecule has 0 fully saturated rings. The molecule has 3 aliphatic heterocycles. The molecule has 78 heavy (non-hydrogen) atoms. The van der Waals surface area contributed by atoms with E-state index in [2.05, 4.69) is 19.7 Å². The van der Waals surface area contributed by atoms with Gasteiger partial charge in [-0.25, -0.2) is 31.9 Å². The summed E-state index contributed by atoms with van der Waals surface area (Å²) in [5.41, 5.74) is 5.59. The molecule has 3 aliphatic rings. The third kappa shape index (κ3) is 9.63. The van der Waals surface area contributed by atoms with E-state index in [0.29, 0.717) is 78.5 Å². The fourth-order valence-electron chi connectivity index (χ4n) is 9.92. The zero-order valence-corrected chi connectivity index (χ0v) is 42.4. The maximum atomic E-state index is 14.1. The van der Waals surface area contributed by atoms with Crippen molar-refractivity contribution in [2.24, 2.45) is 5.41 Å². The number of nitrogens with zero attached hydrogens (tertiary/aromatic N) is 3. The average molecular weight is 1080 g/mol. The second-order valence-electron chi connectivity index (χ2n) is 21.1. The van der Waals surface area contributed by atoms with Crippen molar-refractivity contribution in [2.45, 2.75) is 72.8 Å². The van der Waals surface area contributed by atoms with Gasteiger partial charge in [0.2, 0.25) is 40.7 Å². The Hall–Kier alpha value is -8.69. The minimum absolute atomic E-state index is 0.00940. The molecule has 0 aliphatic carbocycles. The number of aromatic nitrogens is 3. The summed E-state index contributed by atoms with van der Waals surface area (Å²) < 4.78 is 125. The second-order valence-corrected chi connectivity index (χ2v) is 21.1. The average Bonchev–Trinajstić information content (AvgIpc) is 4.40. The molecule has 5 aromatic carbocycles. The van der Waals surface area contributed by atoms with Gasteiger partial charge in [-0.3, -0.25) is 14.5 Å². The third-order valence-corrected chi connectivity index (χ3v) is 13.3. The van der Waals surface area contributed by atoms with Crippen LogP contribution in [0.3, 0.4) is 0 Å². The number of aromatic amines is 3. The lowest BCUT2D eigenvalue weighted by atomic mass is 9.91. The summed E-state index contributed by atoms with van der Waals surface area (Å²) in [6.07, 6.45) is 1.56. The lowest BCUT2D eigenvalue weighted by Crippen LogP contribution is -2.35. The normalized spacial score (nSPS) is 13.9. The zero-order chi connectivity index (χ0) is 56.0. The largest absolute Gasteiger partial charge is 0.443 e. The number of hydrogen-bond donors (Lipinski definition) is 3. The van der Waals surface area contributed by atoms with Crippen LogP contribution < -0.4 is 24.2 Å². The van der Waals surface area contributed by atoms with Crippen LogP contribution in [0.25, 0.3) is 32.7 Å². The van der Waals surface area contributed by atoms with Crippen LogP contribution in [0.2, 0.25) is 0 Å². The molecule has 0 unspecified atom stereocenters. The molecular formula is C56H46F8N6O8. The highest BCUT2D eigenvalue weighted by Crippen LogP contribution is 2.40. The van der Waals surface area contributed by atoms with Gasteiger partial charge < -0.3 is 39.0 Å². The molecule has 3 amide bonds. The van der Waals surface area contributed by atoms with Gasteiger partial charge in [0, 0.05) is 82.3 Å². The van der Waals surface area contributed by atoms with Crippen molar-refractivity contribution >= 4 is 79.6 Å². The van der Waals surface area contributed by atoms with Gasteiger partial charge in [-0.15, -0.1) is 0 Å². The number of H-pyrrole nitrogens is 3. The first-order chi connectivity index (χ1) is 36.8. The Morgan fingerprint density at radius 1 is 0.487 bits per heavy atom. The maximum Gasteiger partial charge on any atom is 0.414 e. The van der Waals surface area contributed by atoms with Gasteiger partial charge in [-0.1, -0.05) is 20.8 Å². The van der Waals surface area contributed by atoms with Crippen molar-refractivity contribution in [1.82, 2.24) is 15.0 Å². The van der Waals surface area contributed by atoms with Crippen LogP contribution in [0.15, 0.2) is 66.7 Å².